The first-order chi connectivity index (χ1) is 10.6. The smallest absolute Gasteiger partial charge is 0.193 e. The summed E-state index contributed by atoms with van der Waals surface area (Å²) in [6.07, 6.45) is 0. The minimum Gasteiger partial charge on any atom is -0.380 e. The average Bonchev–Trinajstić information content (AvgIpc) is 2.50. The number of aryl methyl sites for hydroxylation is 2. The zero-order chi connectivity index (χ0) is 15.9. The fourth-order valence-corrected chi connectivity index (χ4v) is 2.18. The average molecular weight is 425 g/mol. The van der Waals surface area contributed by atoms with E-state index in [2.05, 4.69) is 36.3 Å². The van der Waals surface area contributed by atoms with E-state index in [0.717, 1.165) is 16.8 Å². The number of halogens is 1. The Balaban J connectivity index is 0.00000264. The highest BCUT2D eigenvalue weighted by atomic mass is 127. The lowest BCUT2D eigenvalue weighted by molar-refractivity contribution is 0.184. The predicted molar refractivity (Wildman–Crippen MR) is 107 cm³/mol. The first-order valence-electron chi connectivity index (χ1n) is 7.30. The first-order valence-corrected chi connectivity index (χ1v) is 7.30. The Morgan fingerprint density at radius 2 is 1.78 bits per heavy atom. The number of rotatable bonds is 5. The van der Waals surface area contributed by atoms with Crippen molar-refractivity contribution in [2.75, 3.05) is 12.4 Å². The van der Waals surface area contributed by atoms with E-state index in [0.29, 0.717) is 19.1 Å². The SMILES string of the molecule is COCc1ccccc1CN=C(N)Nc1ccc(C)c(C)c1.I. The molecule has 3 N–H and O–H groups in total. The van der Waals surface area contributed by atoms with Crippen molar-refractivity contribution in [1.82, 2.24) is 0 Å². The molecule has 0 aliphatic heterocycles. The van der Waals surface area contributed by atoms with Crippen LogP contribution in [0.1, 0.15) is 22.3 Å². The van der Waals surface area contributed by atoms with Gasteiger partial charge in [0.2, 0.25) is 0 Å². The summed E-state index contributed by atoms with van der Waals surface area (Å²) >= 11 is 0. The number of aliphatic imine (C=N–C) groups is 1. The van der Waals surface area contributed by atoms with Crippen molar-refractivity contribution in [3.63, 3.8) is 0 Å². The van der Waals surface area contributed by atoms with Crippen molar-refractivity contribution >= 4 is 35.6 Å². The quantitative estimate of drug-likeness (QED) is 0.433. The number of nitrogens with two attached hydrogens (primary N) is 1. The van der Waals surface area contributed by atoms with Gasteiger partial charge in [-0.25, -0.2) is 4.99 Å². The molecule has 0 fully saturated rings. The summed E-state index contributed by atoms with van der Waals surface area (Å²) in [4.78, 5) is 4.41. The summed E-state index contributed by atoms with van der Waals surface area (Å²) in [6, 6.07) is 14.2. The molecule has 0 unspecified atom stereocenters. The number of ether oxygens (including phenoxy) is 1. The van der Waals surface area contributed by atoms with Crippen LogP contribution in [0.3, 0.4) is 0 Å². The highest BCUT2D eigenvalue weighted by Crippen LogP contribution is 2.14. The maximum atomic E-state index is 5.97. The van der Waals surface area contributed by atoms with Gasteiger partial charge in [0.25, 0.3) is 0 Å². The van der Waals surface area contributed by atoms with Gasteiger partial charge in [-0.2, -0.15) is 0 Å². The van der Waals surface area contributed by atoms with Crippen LogP contribution in [-0.2, 0) is 17.9 Å². The minimum absolute atomic E-state index is 0. The van der Waals surface area contributed by atoms with Gasteiger partial charge < -0.3 is 15.8 Å². The van der Waals surface area contributed by atoms with Gasteiger partial charge in [-0.15, -0.1) is 24.0 Å². The molecular formula is C18H24IN3O. The Bertz CT molecular complexity index is 671. The summed E-state index contributed by atoms with van der Waals surface area (Å²) in [5, 5.41) is 3.13. The standard InChI is InChI=1S/C18H23N3O.HI/c1-13-8-9-17(10-14(13)2)21-18(19)20-11-15-6-4-5-7-16(15)12-22-3;/h4-10H,11-12H2,1-3H3,(H3,19,20,21);1H. The van der Waals surface area contributed by atoms with Gasteiger partial charge in [0.05, 0.1) is 13.2 Å². The Labute approximate surface area is 155 Å². The second kappa shape index (κ2) is 9.52. The molecule has 0 heterocycles. The number of nitrogens with one attached hydrogen (secondary N) is 1. The van der Waals surface area contributed by atoms with Gasteiger partial charge in [-0.3, -0.25) is 0 Å². The summed E-state index contributed by atoms with van der Waals surface area (Å²) in [7, 11) is 1.69. The van der Waals surface area contributed by atoms with Crippen LogP contribution >= 0.6 is 24.0 Å². The van der Waals surface area contributed by atoms with Crippen LogP contribution in [0.15, 0.2) is 47.5 Å². The number of hydrogen-bond donors (Lipinski definition) is 2. The van der Waals surface area contributed by atoms with Gasteiger partial charge in [-0.05, 0) is 48.2 Å². The molecule has 2 aromatic carbocycles. The van der Waals surface area contributed by atoms with E-state index in [1.807, 2.05) is 30.3 Å². The molecular weight excluding hydrogens is 401 g/mol. The van der Waals surface area contributed by atoms with Crippen LogP contribution in [0.25, 0.3) is 0 Å². The largest absolute Gasteiger partial charge is 0.380 e. The molecule has 2 aromatic rings. The maximum absolute atomic E-state index is 5.97. The lowest BCUT2D eigenvalue weighted by Gasteiger charge is -2.09. The predicted octanol–water partition coefficient (Wildman–Crippen LogP) is 3.99. The number of anilines is 1. The molecule has 0 aromatic heterocycles. The Morgan fingerprint density at radius 1 is 1.09 bits per heavy atom. The van der Waals surface area contributed by atoms with E-state index in [1.54, 1.807) is 7.11 Å². The van der Waals surface area contributed by atoms with E-state index in [1.165, 1.54) is 11.1 Å². The van der Waals surface area contributed by atoms with Crippen LogP contribution < -0.4 is 11.1 Å². The first kappa shape index (κ1) is 19.4. The van der Waals surface area contributed by atoms with Gasteiger partial charge in [0, 0.05) is 12.8 Å². The van der Waals surface area contributed by atoms with Crippen LogP contribution in [0.2, 0.25) is 0 Å². The van der Waals surface area contributed by atoms with Crippen molar-refractivity contribution in [3.8, 4) is 0 Å². The number of benzene rings is 2. The topological polar surface area (TPSA) is 59.6 Å². The molecule has 0 aliphatic rings. The molecule has 4 nitrogen and oxygen atoms in total. The molecule has 0 atom stereocenters. The van der Waals surface area contributed by atoms with Crippen LogP contribution in [0.5, 0.6) is 0 Å². The van der Waals surface area contributed by atoms with E-state index in [9.17, 15) is 0 Å². The van der Waals surface area contributed by atoms with Crippen molar-refractivity contribution in [1.29, 1.82) is 0 Å². The zero-order valence-electron chi connectivity index (χ0n) is 13.8. The van der Waals surface area contributed by atoms with E-state index in [4.69, 9.17) is 10.5 Å². The Hall–Kier alpha value is -1.60. The maximum Gasteiger partial charge on any atom is 0.193 e. The molecule has 0 amide bonds. The van der Waals surface area contributed by atoms with E-state index < -0.39 is 0 Å². The zero-order valence-corrected chi connectivity index (χ0v) is 16.1. The lowest BCUT2D eigenvalue weighted by Crippen LogP contribution is -2.22. The summed E-state index contributed by atoms with van der Waals surface area (Å²) in [6.45, 7) is 5.28. The summed E-state index contributed by atoms with van der Waals surface area (Å²) in [5.74, 6) is 0.412. The van der Waals surface area contributed by atoms with Gasteiger partial charge in [-0.1, -0.05) is 30.3 Å². The number of methoxy groups -OCH3 is 1. The van der Waals surface area contributed by atoms with Crippen LogP contribution in [0.4, 0.5) is 5.69 Å². The third-order valence-electron chi connectivity index (χ3n) is 3.62. The third kappa shape index (κ3) is 5.84. The highest BCUT2D eigenvalue weighted by Gasteiger charge is 2.02. The molecule has 124 valence electrons. The van der Waals surface area contributed by atoms with E-state index >= 15 is 0 Å². The Kier molecular flexibility index (Phi) is 8.05. The normalized spacial score (nSPS) is 11.0. The molecule has 0 spiro atoms. The van der Waals surface area contributed by atoms with Crippen LogP contribution in [0, 0.1) is 13.8 Å². The third-order valence-corrected chi connectivity index (χ3v) is 3.62. The van der Waals surface area contributed by atoms with Crippen LogP contribution in [-0.4, -0.2) is 13.1 Å². The van der Waals surface area contributed by atoms with Crippen molar-refractivity contribution in [2.45, 2.75) is 27.0 Å². The summed E-state index contributed by atoms with van der Waals surface area (Å²) < 4.78 is 5.20. The number of hydrogen-bond acceptors (Lipinski definition) is 2. The molecule has 0 aliphatic carbocycles. The molecule has 0 radical (unpaired) electrons. The molecule has 0 saturated carbocycles. The minimum atomic E-state index is 0. The summed E-state index contributed by atoms with van der Waals surface area (Å²) in [5.41, 5.74) is 11.7. The molecule has 5 heteroatoms. The molecule has 0 bridgehead atoms. The van der Waals surface area contributed by atoms with Crippen molar-refractivity contribution in [2.24, 2.45) is 10.7 Å². The van der Waals surface area contributed by atoms with E-state index in [-0.39, 0.29) is 24.0 Å². The van der Waals surface area contributed by atoms with Crippen molar-refractivity contribution in [3.05, 3.63) is 64.7 Å². The monoisotopic (exact) mass is 425 g/mol. The Morgan fingerprint density at radius 3 is 2.43 bits per heavy atom. The highest BCUT2D eigenvalue weighted by molar-refractivity contribution is 14.0. The van der Waals surface area contributed by atoms with Gasteiger partial charge in [0.1, 0.15) is 0 Å². The fourth-order valence-electron chi connectivity index (χ4n) is 2.18. The van der Waals surface area contributed by atoms with Crippen molar-refractivity contribution < 1.29 is 4.74 Å². The van der Waals surface area contributed by atoms with Gasteiger partial charge in [0.15, 0.2) is 5.96 Å². The second-order valence-corrected chi connectivity index (χ2v) is 5.33. The molecule has 2 rings (SSSR count). The number of nitrogens with zero attached hydrogens (tertiary/aromatic N) is 1. The lowest BCUT2D eigenvalue weighted by atomic mass is 10.1. The molecule has 0 saturated heterocycles. The number of guanidine groups is 1. The second-order valence-electron chi connectivity index (χ2n) is 5.33. The fraction of sp³-hybridized carbons (Fsp3) is 0.278. The molecule has 23 heavy (non-hydrogen) atoms. The van der Waals surface area contributed by atoms with Gasteiger partial charge >= 0.3 is 0 Å².